The number of rotatable bonds is 6. The summed E-state index contributed by atoms with van der Waals surface area (Å²) in [6.07, 6.45) is 4.42. The van der Waals surface area contributed by atoms with Gasteiger partial charge in [-0.05, 0) is 35.7 Å². The van der Waals surface area contributed by atoms with Gasteiger partial charge in [-0.25, -0.2) is 8.42 Å². The van der Waals surface area contributed by atoms with Gasteiger partial charge in [-0.1, -0.05) is 6.07 Å². The van der Waals surface area contributed by atoms with E-state index in [0.717, 1.165) is 11.3 Å². The molecule has 3 heterocycles. The van der Waals surface area contributed by atoms with Crippen LogP contribution in [0, 0.1) is 0 Å². The quantitative estimate of drug-likeness (QED) is 0.728. The van der Waals surface area contributed by atoms with E-state index in [0.29, 0.717) is 11.3 Å². The number of nitrogens with one attached hydrogen (secondary N) is 1. The van der Waals surface area contributed by atoms with Gasteiger partial charge in [-0.3, -0.25) is 9.78 Å². The normalized spacial score (nSPS) is 12.7. The molecule has 124 valence electrons. The Morgan fingerprint density at radius 2 is 2.00 bits per heavy atom. The van der Waals surface area contributed by atoms with Crippen molar-refractivity contribution >= 4 is 27.1 Å². The van der Waals surface area contributed by atoms with Gasteiger partial charge in [0.1, 0.15) is 15.2 Å². The molecule has 1 amide bonds. The Labute approximate surface area is 143 Å². The lowest BCUT2D eigenvalue weighted by Crippen LogP contribution is -2.31. The van der Waals surface area contributed by atoms with E-state index in [1.165, 1.54) is 18.7 Å². The topological polar surface area (TPSA) is 89.3 Å². The van der Waals surface area contributed by atoms with E-state index >= 15 is 0 Å². The molecule has 0 aliphatic rings. The van der Waals surface area contributed by atoms with Crippen molar-refractivity contribution in [1.29, 1.82) is 0 Å². The minimum atomic E-state index is -3.66. The van der Waals surface area contributed by atoms with Gasteiger partial charge in [-0.2, -0.15) is 0 Å². The second-order valence-corrected chi connectivity index (χ2v) is 8.23. The van der Waals surface area contributed by atoms with Crippen LogP contribution in [0.15, 0.2) is 69.1 Å². The van der Waals surface area contributed by atoms with Crippen molar-refractivity contribution in [2.45, 2.75) is 9.46 Å². The van der Waals surface area contributed by atoms with Crippen LogP contribution in [0.5, 0.6) is 0 Å². The number of pyridine rings is 1. The van der Waals surface area contributed by atoms with E-state index in [2.05, 4.69) is 10.3 Å². The van der Waals surface area contributed by atoms with Gasteiger partial charge in [0.25, 0.3) is 5.91 Å². The third kappa shape index (κ3) is 3.39. The number of carbonyl (C=O) groups is 1. The van der Waals surface area contributed by atoms with Crippen molar-refractivity contribution in [3.63, 3.8) is 0 Å². The standard InChI is InChI=1S/C16H14N2O4S2/c19-16(12-5-7-17-8-6-12)18-11-14(13-3-1-9-22-13)24(20,21)15-4-2-10-23-15/h1-10,14H,11H2,(H,18,19). The highest BCUT2D eigenvalue weighted by Gasteiger charge is 2.32. The Bertz CT molecular complexity index is 889. The minimum absolute atomic E-state index is 0.0884. The Morgan fingerprint density at radius 3 is 2.62 bits per heavy atom. The van der Waals surface area contributed by atoms with E-state index in [-0.39, 0.29) is 16.7 Å². The number of aromatic nitrogens is 1. The molecule has 0 saturated heterocycles. The Hall–Kier alpha value is -2.45. The van der Waals surface area contributed by atoms with Crippen molar-refractivity contribution in [2.75, 3.05) is 6.54 Å². The van der Waals surface area contributed by atoms with Crippen molar-refractivity contribution < 1.29 is 17.6 Å². The summed E-state index contributed by atoms with van der Waals surface area (Å²) in [5.41, 5.74) is 0.414. The monoisotopic (exact) mass is 362 g/mol. The maximum Gasteiger partial charge on any atom is 0.251 e. The third-order valence-electron chi connectivity index (χ3n) is 3.40. The molecule has 0 spiro atoms. The second kappa shape index (κ2) is 6.98. The summed E-state index contributed by atoms with van der Waals surface area (Å²) in [5.74, 6) is -0.0752. The van der Waals surface area contributed by atoms with Crippen LogP contribution in [0.25, 0.3) is 0 Å². The van der Waals surface area contributed by atoms with Crippen LogP contribution in [-0.4, -0.2) is 25.9 Å². The van der Waals surface area contributed by atoms with Crippen LogP contribution in [0.1, 0.15) is 21.4 Å². The summed E-state index contributed by atoms with van der Waals surface area (Å²) < 4.78 is 31.2. The van der Waals surface area contributed by atoms with Gasteiger partial charge < -0.3 is 9.73 Å². The van der Waals surface area contributed by atoms with E-state index in [1.807, 2.05) is 0 Å². The second-order valence-electron chi connectivity index (χ2n) is 4.93. The Morgan fingerprint density at radius 1 is 1.21 bits per heavy atom. The first-order chi connectivity index (χ1) is 11.6. The lowest BCUT2D eigenvalue weighted by Gasteiger charge is -2.15. The summed E-state index contributed by atoms with van der Waals surface area (Å²) in [7, 11) is -3.66. The first kappa shape index (κ1) is 16.4. The highest BCUT2D eigenvalue weighted by molar-refractivity contribution is 7.93. The highest BCUT2D eigenvalue weighted by Crippen LogP contribution is 2.31. The number of carbonyl (C=O) groups excluding carboxylic acids is 1. The number of nitrogens with zero attached hydrogens (tertiary/aromatic N) is 1. The first-order valence-electron chi connectivity index (χ1n) is 7.08. The fourth-order valence-corrected chi connectivity index (χ4v) is 4.99. The van der Waals surface area contributed by atoms with Crippen molar-refractivity contribution in [3.8, 4) is 0 Å². The Kier molecular flexibility index (Phi) is 4.77. The molecule has 1 N–H and O–H groups in total. The number of sulfone groups is 1. The average Bonchev–Trinajstić information content (AvgIpc) is 3.29. The zero-order chi connectivity index (χ0) is 17.0. The molecule has 0 saturated carbocycles. The maximum absolute atomic E-state index is 12.8. The number of hydrogen-bond donors (Lipinski definition) is 1. The van der Waals surface area contributed by atoms with Gasteiger partial charge in [0.05, 0.1) is 6.26 Å². The van der Waals surface area contributed by atoms with Gasteiger partial charge in [0, 0.05) is 24.5 Å². The molecular formula is C16H14N2O4S2. The average molecular weight is 362 g/mol. The van der Waals surface area contributed by atoms with E-state index in [9.17, 15) is 13.2 Å². The molecule has 0 radical (unpaired) electrons. The third-order valence-corrected chi connectivity index (χ3v) is 6.89. The van der Waals surface area contributed by atoms with E-state index in [1.54, 1.807) is 41.8 Å². The number of hydrogen-bond acceptors (Lipinski definition) is 6. The lowest BCUT2D eigenvalue weighted by atomic mass is 10.2. The SMILES string of the molecule is O=C(NCC(c1ccco1)S(=O)(=O)c1cccs1)c1ccncc1. The molecule has 3 rings (SSSR count). The molecule has 0 fully saturated rings. The van der Waals surface area contributed by atoms with Gasteiger partial charge in [0.2, 0.25) is 0 Å². The molecule has 1 unspecified atom stereocenters. The molecule has 1 atom stereocenters. The van der Waals surface area contributed by atoms with Gasteiger partial charge in [0.15, 0.2) is 9.84 Å². The van der Waals surface area contributed by atoms with Crippen LogP contribution in [0.2, 0.25) is 0 Å². The molecule has 24 heavy (non-hydrogen) atoms. The van der Waals surface area contributed by atoms with Crippen LogP contribution in [0.4, 0.5) is 0 Å². The largest absolute Gasteiger partial charge is 0.468 e. The van der Waals surface area contributed by atoms with Crippen LogP contribution in [-0.2, 0) is 9.84 Å². The summed E-state index contributed by atoms with van der Waals surface area (Å²) in [6.45, 7) is -0.0884. The summed E-state index contributed by atoms with van der Waals surface area (Å²) in [6, 6.07) is 9.55. The van der Waals surface area contributed by atoms with E-state index < -0.39 is 15.1 Å². The zero-order valence-electron chi connectivity index (χ0n) is 12.5. The molecular weight excluding hydrogens is 348 g/mol. The van der Waals surface area contributed by atoms with Gasteiger partial charge >= 0.3 is 0 Å². The predicted molar refractivity (Wildman–Crippen MR) is 89.5 cm³/mol. The molecule has 8 heteroatoms. The van der Waals surface area contributed by atoms with Crippen LogP contribution >= 0.6 is 11.3 Å². The fourth-order valence-electron chi connectivity index (χ4n) is 2.19. The number of thiophene rings is 1. The minimum Gasteiger partial charge on any atom is -0.468 e. The highest BCUT2D eigenvalue weighted by atomic mass is 32.2. The zero-order valence-corrected chi connectivity index (χ0v) is 14.1. The number of furan rings is 1. The van der Waals surface area contributed by atoms with Crippen LogP contribution in [0.3, 0.4) is 0 Å². The molecule has 6 nitrogen and oxygen atoms in total. The van der Waals surface area contributed by atoms with Gasteiger partial charge in [-0.15, -0.1) is 11.3 Å². The first-order valence-corrected chi connectivity index (χ1v) is 9.50. The summed E-state index contributed by atoms with van der Waals surface area (Å²) in [4.78, 5) is 16.0. The summed E-state index contributed by atoms with van der Waals surface area (Å²) in [5, 5.41) is 3.36. The number of amides is 1. The summed E-state index contributed by atoms with van der Waals surface area (Å²) >= 11 is 1.14. The van der Waals surface area contributed by atoms with Crippen molar-refractivity contribution in [1.82, 2.24) is 10.3 Å². The molecule has 3 aromatic heterocycles. The smallest absolute Gasteiger partial charge is 0.251 e. The molecule has 3 aromatic rings. The van der Waals surface area contributed by atoms with Crippen LogP contribution < -0.4 is 5.32 Å². The fraction of sp³-hybridized carbons (Fsp3) is 0.125. The maximum atomic E-state index is 12.8. The lowest BCUT2D eigenvalue weighted by molar-refractivity contribution is 0.0953. The van der Waals surface area contributed by atoms with Crippen molar-refractivity contribution in [2.24, 2.45) is 0 Å². The molecule has 0 aliphatic carbocycles. The van der Waals surface area contributed by atoms with Crippen molar-refractivity contribution in [3.05, 3.63) is 71.8 Å². The molecule has 0 bridgehead atoms. The Balaban J connectivity index is 1.83. The predicted octanol–water partition coefficient (Wildman–Crippen LogP) is 2.68. The van der Waals surface area contributed by atoms with E-state index in [4.69, 9.17) is 4.42 Å². The molecule has 0 aliphatic heterocycles. The molecule has 0 aromatic carbocycles.